The number of imidazole rings is 1. The lowest BCUT2D eigenvalue weighted by atomic mass is 10.2. The van der Waals surface area contributed by atoms with E-state index in [0.717, 1.165) is 31.0 Å². The Kier molecular flexibility index (Phi) is 5.55. The van der Waals surface area contributed by atoms with Crippen LogP contribution in [0.3, 0.4) is 0 Å². The third kappa shape index (κ3) is 4.73. The minimum Gasteiger partial charge on any atom is -0.368 e. The van der Waals surface area contributed by atoms with Crippen LogP contribution in [0.5, 0.6) is 0 Å². The summed E-state index contributed by atoms with van der Waals surface area (Å²) in [6, 6.07) is 8.19. The van der Waals surface area contributed by atoms with Crippen LogP contribution < -0.4 is 9.47 Å². The van der Waals surface area contributed by atoms with Crippen molar-refractivity contribution < 1.29 is 4.57 Å². The van der Waals surface area contributed by atoms with Crippen LogP contribution in [-0.4, -0.2) is 22.6 Å². The monoisotopic (exact) mass is 355 g/mol. The standard InChI is InChI=1S/C18H23N6S/c1-4-24(12-11-23-10-9-22(3)14-23)17-7-5-16(6-8-17)20-21-18-19-15(2)13-25-18/h5-10,13-14H,4,11-12H2,1-3H3/q+1/b21-20+. The summed E-state index contributed by atoms with van der Waals surface area (Å²) in [6.45, 7) is 7.02. The van der Waals surface area contributed by atoms with Crippen LogP contribution in [0.2, 0.25) is 0 Å². The van der Waals surface area contributed by atoms with Crippen molar-refractivity contribution in [1.29, 1.82) is 0 Å². The highest BCUT2D eigenvalue weighted by molar-refractivity contribution is 7.13. The fourth-order valence-corrected chi connectivity index (χ4v) is 3.17. The normalized spacial score (nSPS) is 11.3. The maximum absolute atomic E-state index is 4.29. The quantitative estimate of drug-likeness (QED) is 0.475. The molecule has 0 radical (unpaired) electrons. The molecule has 2 heterocycles. The molecule has 0 saturated carbocycles. The van der Waals surface area contributed by atoms with E-state index in [-0.39, 0.29) is 0 Å². The van der Waals surface area contributed by atoms with Gasteiger partial charge in [0, 0.05) is 17.6 Å². The first kappa shape index (κ1) is 17.3. The van der Waals surface area contributed by atoms with E-state index in [0.29, 0.717) is 5.13 Å². The fraction of sp³-hybridized carbons (Fsp3) is 0.333. The molecule has 2 aromatic heterocycles. The van der Waals surface area contributed by atoms with E-state index in [9.17, 15) is 0 Å². The molecule has 0 N–H and O–H groups in total. The average Bonchev–Trinajstić information content (AvgIpc) is 3.23. The molecule has 25 heavy (non-hydrogen) atoms. The Hall–Kier alpha value is -2.54. The number of aromatic nitrogens is 3. The summed E-state index contributed by atoms with van der Waals surface area (Å²) in [4.78, 5) is 6.64. The van der Waals surface area contributed by atoms with Crippen molar-refractivity contribution in [2.45, 2.75) is 20.4 Å². The lowest BCUT2D eigenvalue weighted by molar-refractivity contribution is -0.671. The fourth-order valence-electron chi connectivity index (χ4n) is 2.56. The van der Waals surface area contributed by atoms with Gasteiger partial charge in [-0.1, -0.05) is 0 Å². The number of likely N-dealkylation sites (N-methyl/N-ethyl adjacent to an activating group) is 1. The molecule has 0 spiro atoms. The molecule has 0 saturated heterocycles. The number of rotatable bonds is 7. The van der Waals surface area contributed by atoms with Crippen molar-refractivity contribution in [2.24, 2.45) is 17.3 Å². The predicted molar refractivity (Wildman–Crippen MR) is 101 cm³/mol. The Morgan fingerprint density at radius 1 is 1.24 bits per heavy atom. The average molecular weight is 355 g/mol. The number of azo groups is 1. The summed E-state index contributed by atoms with van der Waals surface area (Å²) in [5.74, 6) is 0. The van der Waals surface area contributed by atoms with Crippen LogP contribution in [0.1, 0.15) is 12.6 Å². The predicted octanol–water partition coefficient (Wildman–Crippen LogP) is 4.02. The van der Waals surface area contributed by atoms with Crippen molar-refractivity contribution in [3.8, 4) is 0 Å². The molecule has 6 nitrogen and oxygen atoms in total. The molecule has 0 unspecified atom stereocenters. The van der Waals surface area contributed by atoms with Gasteiger partial charge in [-0.2, -0.15) is 0 Å². The molecule has 3 aromatic rings. The van der Waals surface area contributed by atoms with Crippen LogP contribution in [0.4, 0.5) is 16.5 Å². The smallest absolute Gasteiger partial charge is 0.243 e. The van der Waals surface area contributed by atoms with Gasteiger partial charge < -0.3 is 4.90 Å². The van der Waals surface area contributed by atoms with E-state index in [1.807, 2.05) is 31.5 Å². The van der Waals surface area contributed by atoms with Crippen molar-refractivity contribution in [3.05, 3.63) is 54.1 Å². The number of thiazole rings is 1. The second kappa shape index (κ2) is 8.02. The van der Waals surface area contributed by atoms with Gasteiger partial charge in [0.25, 0.3) is 0 Å². The van der Waals surface area contributed by atoms with Crippen molar-refractivity contribution in [3.63, 3.8) is 0 Å². The van der Waals surface area contributed by atoms with Crippen LogP contribution in [0.15, 0.2) is 58.6 Å². The topological polar surface area (TPSA) is 49.7 Å². The van der Waals surface area contributed by atoms with Gasteiger partial charge in [-0.15, -0.1) is 21.6 Å². The molecule has 0 bridgehead atoms. The van der Waals surface area contributed by atoms with Crippen LogP contribution in [-0.2, 0) is 13.6 Å². The molecular weight excluding hydrogens is 332 g/mol. The lowest BCUT2D eigenvalue weighted by Gasteiger charge is -2.22. The number of benzene rings is 1. The second-order valence-corrected chi connectivity index (χ2v) is 6.72. The maximum atomic E-state index is 4.29. The number of anilines is 1. The van der Waals surface area contributed by atoms with Gasteiger partial charge in [0.05, 0.1) is 25.0 Å². The highest BCUT2D eigenvalue weighted by Gasteiger charge is 2.07. The van der Waals surface area contributed by atoms with E-state index in [2.05, 4.69) is 67.0 Å². The van der Waals surface area contributed by atoms with Gasteiger partial charge in [-0.25, -0.2) is 14.1 Å². The highest BCUT2D eigenvalue weighted by atomic mass is 32.1. The van der Waals surface area contributed by atoms with Gasteiger partial charge in [0.15, 0.2) is 0 Å². The van der Waals surface area contributed by atoms with E-state index < -0.39 is 0 Å². The summed E-state index contributed by atoms with van der Waals surface area (Å²) in [7, 11) is 2.04. The summed E-state index contributed by atoms with van der Waals surface area (Å²) in [5, 5.41) is 11.1. The number of hydrogen-bond donors (Lipinski definition) is 0. The van der Waals surface area contributed by atoms with Crippen LogP contribution in [0.25, 0.3) is 0 Å². The second-order valence-electron chi connectivity index (χ2n) is 5.88. The van der Waals surface area contributed by atoms with E-state index >= 15 is 0 Å². The Morgan fingerprint density at radius 3 is 2.64 bits per heavy atom. The number of hydrogen-bond acceptors (Lipinski definition) is 5. The third-order valence-electron chi connectivity index (χ3n) is 3.91. The molecule has 0 fully saturated rings. The van der Waals surface area contributed by atoms with Gasteiger partial charge in [0.1, 0.15) is 18.9 Å². The molecule has 1 aromatic carbocycles. The summed E-state index contributed by atoms with van der Waals surface area (Å²) < 4.78 is 4.25. The molecule has 0 amide bonds. The molecule has 130 valence electrons. The summed E-state index contributed by atoms with van der Waals surface area (Å²) in [6.07, 6.45) is 6.25. The van der Waals surface area contributed by atoms with E-state index in [4.69, 9.17) is 0 Å². The highest BCUT2D eigenvalue weighted by Crippen LogP contribution is 2.24. The molecular formula is C18H23N6S+. The first-order chi connectivity index (χ1) is 12.1. The number of aryl methyl sites for hydroxylation is 2. The Morgan fingerprint density at radius 2 is 2.04 bits per heavy atom. The van der Waals surface area contributed by atoms with Crippen molar-refractivity contribution >= 4 is 27.8 Å². The zero-order valence-corrected chi connectivity index (χ0v) is 15.6. The van der Waals surface area contributed by atoms with Crippen molar-refractivity contribution in [2.75, 3.05) is 18.0 Å². The van der Waals surface area contributed by atoms with Crippen molar-refractivity contribution in [1.82, 2.24) is 9.55 Å². The minimum absolute atomic E-state index is 0.691. The summed E-state index contributed by atoms with van der Waals surface area (Å²) >= 11 is 1.50. The maximum Gasteiger partial charge on any atom is 0.243 e. The van der Waals surface area contributed by atoms with Gasteiger partial charge in [-0.05, 0) is 38.1 Å². The van der Waals surface area contributed by atoms with Crippen LogP contribution >= 0.6 is 11.3 Å². The molecule has 0 aliphatic carbocycles. The molecule has 0 atom stereocenters. The van der Waals surface area contributed by atoms with Gasteiger partial charge in [0.2, 0.25) is 11.5 Å². The Labute approximate surface area is 152 Å². The van der Waals surface area contributed by atoms with Gasteiger partial charge in [-0.3, -0.25) is 0 Å². The van der Waals surface area contributed by atoms with E-state index in [1.165, 1.54) is 17.0 Å². The van der Waals surface area contributed by atoms with E-state index in [1.54, 1.807) is 0 Å². The first-order valence-corrected chi connectivity index (χ1v) is 9.22. The Bertz CT molecular complexity index is 833. The largest absolute Gasteiger partial charge is 0.368 e. The first-order valence-electron chi connectivity index (χ1n) is 8.34. The van der Waals surface area contributed by atoms with Gasteiger partial charge >= 0.3 is 0 Å². The van der Waals surface area contributed by atoms with Crippen LogP contribution in [0, 0.1) is 6.92 Å². The molecule has 7 heteroatoms. The third-order valence-corrected chi connectivity index (χ3v) is 4.75. The number of nitrogens with zero attached hydrogens (tertiary/aromatic N) is 6. The lowest BCUT2D eigenvalue weighted by Crippen LogP contribution is -2.28. The Balaban J connectivity index is 1.62. The molecule has 0 aliphatic rings. The molecule has 0 aliphatic heterocycles. The molecule has 3 rings (SSSR count). The zero-order valence-electron chi connectivity index (χ0n) is 14.8. The summed E-state index contributed by atoms with van der Waals surface area (Å²) in [5.41, 5.74) is 3.01. The SMILES string of the molecule is CCN(CCn1cc[n+](C)c1)c1ccc(/N=N/c2nc(C)cs2)cc1. The zero-order chi connectivity index (χ0) is 17.6. The minimum atomic E-state index is 0.691.